The molecule has 1 aliphatic rings. The Hall–Kier alpha value is -2.67. The van der Waals surface area contributed by atoms with E-state index >= 15 is 0 Å². The van der Waals surface area contributed by atoms with Gasteiger partial charge in [0.05, 0.1) is 25.1 Å². The lowest BCUT2D eigenvalue weighted by molar-refractivity contribution is -0.142. The average molecular weight is 470 g/mol. The van der Waals surface area contributed by atoms with E-state index in [0.29, 0.717) is 41.3 Å². The summed E-state index contributed by atoms with van der Waals surface area (Å²) >= 11 is 1.38. The minimum Gasteiger partial charge on any atom is -0.466 e. The number of carbonyl (C=O) groups is 4. The van der Waals surface area contributed by atoms with Gasteiger partial charge in [-0.1, -0.05) is 31.9 Å². The number of benzene rings is 1. The largest absolute Gasteiger partial charge is 0.466 e. The lowest BCUT2D eigenvalue weighted by atomic mass is 9.89. The van der Waals surface area contributed by atoms with Crippen molar-refractivity contribution < 1.29 is 23.9 Å². The molecule has 0 aliphatic heterocycles. The van der Waals surface area contributed by atoms with E-state index in [4.69, 9.17) is 4.74 Å². The number of esters is 1. The van der Waals surface area contributed by atoms with Crippen LogP contribution in [0.3, 0.4) is 0 Å². The van der Waals surface area contributed by atoms with Gasteiger partial charge in [0.2, 0.25) is 0 Å². The maximum atomic E-state index is 13.2. The van der Waals surface area contributed by atoms with E-state index in [9.17, 15) is 19.2 Å². The molecule has 1 aromatic heterocycles. The topological polar surface area (TPSA) is 90.4 Å². The van der Waals surface area contributed by atoms with Crippen LogP contribution in [0.4, 0.5) is 0 Å². The average Bonchev–Trinajstić information content (AvgIpc) is 3.47. The maximum Gasteiger partial charge on any atom is 0.310 e. The number of ether oxygens (including phenoxy) is 1. The molecular formula is C26H31NO5S. The third-order valence-electron chi connectivity index (χ3n) is 5.93. The van der Waals surface area contributed by atoms with Crippen molar-refractivity contribution in [3.05, 3.63) is 51.0 Å². The predicted molar refractivity (Wildman–Crippen MR) is 127 cm³/mol. The lowest BCUT2D eigenvalue weighted by Gasteiger charge is -2.14. The highest BCUT2D eigenvalue weighted by Crippen LogP contribution is 2.30. The molecule has 1 fully saturated rings. The van der Waals surface area contributed by atoms with Crippen molar-refractivity contribution >= 4 is 34.7 Å². The number of hydrogen-bond donors (Lipinski definition) is 0. The number of Topliss-reactive ketones (excluding diaryl/α,β-unsaturated/α-hetero) is 3. The lowest BCUT2D eigenvalue weighted by Crippen LogP contribution is -2.17. The van der Waals surface area contributed by atoms with Crippen molar-refractivity contribution in [2.75, 3.05) is 6.61 Å². The zero-order valence-electron chi connectivity index (χ0n) is 19.4. The highest BCUT2D eigenvalue weighted by atomic mass is 32.1. The highest BCUT2D eigenvalue weighted by molar-refractivity contribution is 7.09. The van der Waals surface area contributed by atoms with E-state index in [1.54, 1.807) is 25.1 Å². The number of carbonyl (C=O) groups excluding carboxylic acids is 4. The summed E-state index contributed by atoms with van der Waals surface area (Å²) in [6, 6.07) is 5.35. The third-order valence-corrected chi connectivity index (χ3v) is 6.83. The van der Waals surface area contributed by atoms with Crippen molar-refractivity contribution in [2.24, 2.45) is 5.92 Å². The smallest absolute Gasteiger partial charge is 0.310 e. The Morgan fingerprint density at radius 1 is 1.00 bits per heavy atom. The van der Waals surface area contributed by atoms with Crippen LogP contribution in [0.1, 0.15) is 78.1 Å². The van der Waals surface area contributed by atoms with Crippen LogP contribution < -0.4 is 0 Å². The summed E-state index contributed by atoms with van der Waals surface area (Å²) in [7, 11) is 0. The van der Waals surface area contributed by atoms with E-state index < -0.39 is 0 Å². The predicted octanol–water partition coefficient (Wildman–Crippen LogP) is 4.50. The van der Waals surface area contributed by atoms with Gasteiger partial charge in [-0.15, -0.1) is 11.3 Å². The van der Waals surface area contributed by atoms with Crippen LogP contribution in [0.2, 0.25) is 0 Å². The second-order valence-corrected chi connectivity index (χ2v) is 9.46. The van der Waals surface area contributed by atoms with Crippen LogP contribution in [0.5, 0.6) is 0 Å². The highest BCUT2D eigenvalue weighted by Gasteiger charge is 2.26. The first kappa shape index (κ1) is 25.0. The van der Waals surface area contributed by atoms with Crippen molar-refractivity contribution in [1.29, 1.82) is 0 Å². The monoisotopic (exact) mass is 469 g/mol. The molecular weight excluding hydrogens is 438 g/mol. The Bertz CT molecular complexity index is 1020. The fraction of sp³-hybridized carbons (Fsp3) is 0.500. The Morgan fingerprint density at radius 3 is 2.45 bits per heavy atom. The van der Waals surface area contributed by atoms with E-state index in [2.05, 4.69) is 4.98 Å². The first-order chi connectivity index (χ1) is 15.9. The van der Waals surface area contributed by atoms with Gasteiger partial charge in [0.15, 0.2) is 5.78 Å². The Balaban J connectivity index is 1.74. The summed E-state index contributed by atoms with van der Waals surface area (Å²) in [5, 5.41) is 2.51. The van der Waals surface area contributed by atoms with Crippen LogP contribution in [0.15, 0.2) is 23.6 Å². The van der Waals surface area contributed by atoms with Gasteiger partial charge in [-0.2, -0.15) is 0 Å². The molecule has 7 heteroatoms. The maximum absolute atomic E-state index is 13.2. The van der Waals surface area contributed by atoms with Gasteiger partial charge < -0.3 is 4.74 Å². The summed E-state index contributed by atoms with van der Waals surface area (Å²) < 4.78 is 5.04. The number of thiazole rings is 1. The molecule has 0 atom stereocenters. The molecule has 0 spiro atoms. The molecule has 2 aromatic rings. The molecule has 1 aliphatic carbocycles. The van der Waals surface area contributed by atoms with Gasteiger partial charge >= 0.3 is 5.97 Å². The van der Waals surface area contributed by atoms with Crippen molar-refractivity contribution in [3.8, 4) is 0 Å². The first-order valence-electron chi connectivity index (χ1n) is 11.7. The molecule has 0 bridgehead atoms. The quantitative estimate of drug-likeness (QED) is 0.336. The number of hydrogen-bond acceptors (Lipinski definition) is 7. The van der Waals surface area contributed by atoms with Crippen LogP contribution >= 0.6 is 11.3 Å². The first-order valence-corrected chi connectivity index (χ1v) is 12.6. The summed E-state index contributed by atoms with van der Waals surface area (Å²) in [6.45, 7) is 3.89. The Morgan fingerprint density at radius 2 is 1.76 bits per heavy atom. The minimum atomic E-state index is -0.332. The van der Waals surface area contributed by atoms with Gasteiger partial charge in [0.25, 0.3) is 0 Å². The molecule has 1 aromatic carbocycles. The number of aromatic nitrogens is 1. The normalized spacial score (nSPS) is 13.8. The molecule has 1 heterocycles. The van der Waals surface area contributed by atoms with Crippen molar-refractivity contribution in [2.45, 2.75) is 71.6 Å². The van der Waals surface area contributed by atoms with Crippen LogP contribution in [0, 0.1) is 5.92 Å². The SMILES string of the molecule is CCOC(=O)Cc1ccc(CC(=O)Cc2nc(CC(=O)CC)cs2)c(C(=O)C2CCCC2)c1. The molecule has 0 amide bonds. The van der Waals surface area contributed by atoms with E-state index in [1.807, 2.05) is 12.3 Å². The molecule has 176 valence electrons. The Kier molecular flexibility index (Phi) is 9.06. The standard InChI is InChI=1S/C26H31NO5S/c1-3-21(28)14-20-16-33-24(27-20)15-22(29)13-19-10-9-17(12-25(30)32-4-2)11-23(19)26(31)18-7-5-6-8-18/h9-11,16,18H,3-8,12-15H2,1-2H3. The minimum absolute atomic E-state index is 0.0191. The van der Waals surface area contributed by atoms with Gasteiger partial charge in [0, 0.05) is 36.1 Å². The summed E-state index contributed by atoms with van der Waals surface area (Å²) in [6.07, 6.45) is 4.99. The number of rotatable bonds is 12. The molecule has 1 saturated carbocycles. The zero-order chi connectivity index (χ0) is 23.8. The number of ketones is 3. The van der Waals surface area contributed by atoms with Crippen LogP contribution in [-0.2, 0) is 44.8 Å². The zero-order valence-corrected chi connectivity index (χ0v) is 20.2. The summed E-state index contributed by atoms with van der Waals surface area (Å²) in [5.41, 5.74) is 2.67. The van der Waals surface area contributed by atoms with Gasteiger partial charge in [-0.3, -0.25) is 19.2 Å². The van der Waals surface area contributed by atoms with Gasteiger partial charge in [-0.25, -0.2) is 4.98 Å². The van der Waals surface area contributed by atoms with Crippen LogP contribution in [-0.4, -0.2) is 34.9 Å². The molecule has 0 unspecified atom stereocenters. The fourth-order valence-corrected chi connectivity index (χ4v) is 5.01. The number of nitrogens with zero attached hydrogens (tertiary/aromatic N) is 1. The van der Waals surface area contributed by atoms with Gasteiger partial charge in [0.1, 0.15) is 16.6 Å². The summed E-state index contributed by atoms with van der Waals surface area (Å²) in [5.74, 6) is -0.195. The summed E-state index contributed by atoms with van der Waals surface area (Å²) in [4.78, 5) is 54.0. The van der Waals surface area contributed by atoms with Crippen molar-refractivity contribution in [3.63, 3.8) is 0 Å². The molecule has 0 saturated heterocycles. The molecule has 0 radical (unpaired) electrons. The fourth-order valence-electron chi connectivity index (χ4n) is 4.19. The molecule has 6 nitrogen and oxygen atoms in total. The molecule has 3 rings (SSSR count). The van der Waals surface area contributed by atoms with E-state index in [0.717, 1.165) is 31.2 Å². The second-order valence-electron chi connectivity index (χ2n) is 8.51. The molecule has 33 heavy (non-hydrogen) atoms. The van der Waals surface area contributed by atoms with E-state index in [1.165, 1.54) is 11.3 Å². The Labute approximate surface area is 198 Å². The van der Waals surface area contributed by atoms with Gasteiger partial charge in [-0.05, 0) is 37.0 Å². The third kappa shape index (κ3) is 7.16. The van der Waals surface area contributed by atoms with Crippen LogP contribution in [0.25, 0.3) is 0 Å². The van der Waals surface area contributed by atoms with E-state index in [-0.39, 0.29) is 48.5 Å². The molecule has 0 N–H and O–H groups in total. The second kappa shape index (κ2) is 12.0. The van der Waals surface area contributed by atoms with Crippen molar-refractivity contribution in [1.82, 2.24) is 4.98 Å².